The number of amides is 1. The predicted molar refractivity (Wildman–Crippen MR) is 85.4 cm³/mol. The first-order chi connectivity index (χ1) is 9.97. The van der Waals surface area contributed by atoms with E-state index in [-0.39, 0.29) is 5.69 Å². The Hall–Kier alpha value is -1.64. The second-order valence-corrected chi connectivity index (χ2v) is 5.46. The molecule has 1 aromatic rings. The van der Waals surface area contributed by atoms with Crippen molar-refractivity contribution in [1.82, 2.24) is 8.43 Å². The number of carbonyl (C=O) groups is 1. The third-order valence-electron chi connectivity index (χ3n) is 3.04. The summed E-state index contributed by atoms with van der Waals surface area (Å²) in [7, 11) is 0. The van der Waals surface area contributed by atoms with Crippen molar-refractivity contribution in [3.63, 3.8) is 0 Å². The second-order valence-electron chi connectivity index (χ2n) is 4.42. The quantitative estimate of drug-likeness (QED) is 0.476. The number of nitrogens with one attached hydrogen (secondary N) is 1. The van der Waals surface area contributed by atoms with E-state index in [4.69, 9.17) is 0 Å². The Balaban J connectivity index is 2.41. The van der Waals surface area contributed by atoms with Crippen molar-refractivity contribution in [2.24, 2.45) is 0 Å². The number of benzene rings is 1. The van der Waals surface area contributed by atoms with E-state index in [1.165, 1.54) is 12.1 Å². The minimum Gasteiger partial charge on any atom is -0.367 e. The second kappa shape index (κ2) is 6.42. The van der Waals surface area contributed by atoms with Gasteiger partial charge in [-0.15, -0.1) is 6.58 Å². The lowest BCUT2D eigenvalue weighted by molar-refractivity contribution is -0.115. The molecule has 1 amide bonds. The average molecular weight is 405 g/mol. The van der Waals surface area contributed by atoms with Crippen LogP contribution in [0.4, 0.5) is 14.5 Å². The lowest BCUT2D eigenvalue weighted by Crippen LogP contribution is -2.51. The van der Waals surface area contributed by atoms with Crippen LogP contribution in [0.25, 0.3) is 0 Å². The van der Waals surface area contributed by atoms with Crippen molar-refractivity contribution in [3.8, 4) is 0 Å². The van der Waals surface area contributed by atoms with E-state index < -0.39 is 23.7 Å². The van der Waals surface area contributed by atoms with Gasteiger partial charge in [-0.2, -0.15) is 0 Å². The molecule has 0 bridgehead atoms. The SMILES string of the molecule is C=CCNC1=CC(=O)N(c2c(F)cccc2F)C(C)N1I. The molecular formula is C14H14F2IN3O. The van der Waals surface area contributed by atoms with Gasteiger partial charge in [0.15, 0.2) is 0 Å². The Labute approximate surface area is 135 Å². The zero-order valence-electron chi connectivity index (χ0n) is 11.3. The fourth-order valence-corrected chi connectivity index (χ4v) is 2.61. The average Bonchev–Trinajstić information content (AvgIpc) is 2.44. The Kier molecular flexibility index (Phi) is 4.81. The van der Waals surface area contributed by atoms with E-state index in [9.17, 15) is 13.6 Å². The van der Waals surface area contributed by atoms with Crippen LogP contribution in [0.2, 0.25) is 0 Å². The van der Waals surface area contributed by atoms with Gasteiger partial charge in [0.2, 0.25) is 0 Å². The van der Waals surface area contributed by atoms with Crippen molar-refractivity contribution < 1.29 is 13.6 Å². The van der Waals surface area contributed by atoms with Crippen LogP contribution in [0.1, 0.15) is 6.92 Å². The zero-order chi connectivity index (χ0) is 15.6. The van der Waals surface area contributed by atoms with Gasteiger partial charge < -0.3 is 5.32 Å². The Morgan fingerprint density at radius 1 is 1.43 bits per heavy atom. The number of anilines is 1. The number of rotatable bonds is 4. The molecule has 1 aliphatic heterocycles. The molecule has 0 saturated carbocycles. The van der Waals surface area contributed by atoms with Crippen molar-refractivity contribution in [1.29, 1.82) is 0 Å². The summed E-state index contributed by atoms with van der Waals surface area (Å²) in [5, 5.41) is 3.01. The highest BCUT2D eigenvalue weighted by Gasteiger charge is 2.34. The molecule has 0 saturated heterocycles. The first-order valence-electron chi connectivity index (χ1n) is 6.26. The molecule has 1 heterocycles. The van der Waals surface area contributed by atoms with Crippen LogP contribution in [-0.4, -0.2) is 21.7 Å². The predicted octanol–water partition coefficient (Wildman–Crippen LogP) is 2.93. The van der Waals surface area contributed by atoms with Gasteiger partial charge in [0.25, 0.3) is 5.91 Å². The summed E-state index contributed by atoms with van der Waals surface area (Å²) in [6.07, 6.45) is 2.42. The van der Waals surface area contributed by atoms with Gasteiger partial charge in [-0.25, -0.2) is 8.78 Å². The Morgan fingerprint density at radius 3 is 2.62 bits per heavy atom. The number of halogens is 3. The van der Waals surface area contributed by atoms with Gasteiger partial charge >= 0.3 is 0 Å². The smallest absolute Gasteiger partial charge is 0.256 e. The third-order valence-corrected chi connectivity index (χ3v) is 4.36. The highest BCUT2D eigenvalue weighted by atomic mass is 127. The summed E-state index contributed by atoms with van der Waals surface area (Å²) in [4.78, 5) is 13.3. The van der Waals surface area contributed by atoms with Crippen LogP contribution >= 0.6 is 22.9 Å². The zero-order valence-corrected chi connectivity index (χ0v) is 13.5. The van der Waals surface area contributed by atoms with E-state index in [0.717, 1.165) is 17.0 Å². The molecule has 0 fully saturated rings. The molecule has 1 aliphatic rings. The van der Waals surface area contributed by atoms with E-state index in [1.807, 2.05) is 22.9 Å². The van der Waals surface area contributed by atoms with E-state index >= 15 is 0 Å². The lowest BCUT2D eigenvalue weighted by Gasteiger charge is -2.39. The summed E-state index contributed by atoms with van der Waals surface area (Å²) in [6.45, 7) is 5.77. The topological polar surface area (TPSA) is 35.6 Å². The molecule has 21 heavy (non-hydrogen) atoms. The third kappa shape index (κ3) is 3.02. The van der Waals surface area contributed by atoms with Crippen LogP contribution in [0.3, 0.4) is 0 Å². The van der Waals surface area contributed by atoms with Crippen molar-refractivity contribution in [2.75, 3.05) is 11.4 Å². The maximum Gasteiger partial charge on any atom is 0.256 e. The van der Waals surface area contributed by atoms with Gasteiger partial charge in [-0.3, -0.25) is 12.8 Å². The van der Waals surface area contributed by atoms with Crippen LogP contribution < -0.4 is 10.2 Å². The number of nitrogens with zero attached hydrogens (tertiary/aromatic N) is 2. The molecule has 1 N–H and O–H groups in total. The van der Waals surface area contributed by atoms with Crippen LogP contribution in [0.15, 0.2) is 42.8 Å². The molecule has 7 heteroatoms. The lowest BCUT2D eigenvalue weighted by atomic mass is 10.2. The largest absolute Gasteiger partial charge is 0.367 e. The fourth-order valence-electron chi connectivity index (χ4n) is 2.05. The molecule has 1 atom stereocenters. The van der Waals surface area contributed by atoms with Crippen molar-refractivity contribution in [3.05, 3.63) is 54.4 Å². The highest BCUT2D eigenvalue weighted by molar-refractivity contribution is 14.1. The van der Waals surface area contributed by atoms with Crippen LogP contribution in [0.5, 0.6) is 0 Å². The summed E-state index contributed by atoms with van der Waals surface area (Å²) < 4.78 is 29.5. The van der Waals surface area contributed by atoms with Gasteiger partial charge in [-0.1, -0.05) is 12.1 Å². The highest BCUT2D eigenvalue weighted by Crippen LogP contribution is 2.31. The molecular weight excluding hydrogens is 391 g/mol. The number of hydrogen-bond donors (Lipinski definition) is 1. The number of hydrogen-bond acceptors (Lipinski definition) is 3. The first-order valence-corrected chi connectivity index (χ1v) is 7.22. The van der Waals surface area contributed by atoms with E-state index in [0.29, 0.717) is 12.4 Å². The fraction of sp³-hybridized carbons (Fsp3) is 0.214. The maximum atomic E-state index is 13.9. The minimum atomic E-state index is -0.768. The molecule has 112 valence electrons. The number of para-hydroxylation sites is 1. The molecule has 0 spiro atoms. The normalized spacial score (nSPS) is 18.6. The van der Waals surface area contributed by atoms with E-state index in [1.54, 1.807) is 16.1 Å². The van der Waals surface area contributed by atoms with Crippen molar-refractivity contribution in [2.45, 2.75) is 13.1 Å². The molecule has 1 aromatic carbocycles. The van der Waals surface area contributed by atoms with Gasteiger partial charge in [-0.05, 0) is 19.1 Å². The Bertz CT molecular complexity index is 586. The van der Waals surface area contributed by atoms with Crippen molar-refractivity contribution >= 4 is 34.5 Å². The number of carbonyl (C=O) groups excluding carboxylic acids is 1. The summed E-state index contributed by atoms with van der Waals surface area (Å²) in [6, 6.07) is 3.53. The summed E-state index contributed by atoms with van der Waals surface area (Å²) in [5.41, 5.74) is -0.337. The van der Waals surface area contributed by atoms with Gasteiger partial charge in [0, 0.05) is 12.6 Å². The molecule has 2 rings (SSSR count). The van der Waals surface area contributed by atoms with Gasteiger partial charge in [0.1, 0.15) is 29.3 Å². The molecule has 0 aromatic heterocycles. The van der Waals surface area contributed by atoms with Crippen LogP contribution in [0, 0.1) is 11.6 Å². The molecule has 0 radical (unpaired) electrons. The minimum absolute atomic E-state index is 0.337. The first kappa shape index (κ1) is 15.7. The summed E-state index contributed by atoms with van der Waals surface area (Å²) >= 11 is 1.99. The molecule has 1 unspecified atom stereocenters. The monoisotopic (exact) mass is 405 g/mol. The van der Waals surface area contributed by atoms with Crippen LogP contribution in [-0.2, 0) is 4.79 Å². The van der Waals surface area contributed by atoms with E-state index in [2.05, 4.69) is 11.9 Å². The maximum absolute atomic E-state index is 13.9. The Morgan fingerprint density at radius 2 is 2.05 bits per heavy atom. The molecule has 4 nitrogen and oxygen atoms in total. The molecule has 0 aliphatic carbocycles. The van der Waals surface area contributed by atoms with Gasteiger partial charge in [0.05, 0.1) is 22.9 Å². The summed E-state index contributed by atoms with van der Waals surface area (Å²) in [5.74, 6) is -1.45. The standard InChI is InChI=1S/C14H14F2IN3O/c1-3-7-18-12-8-13(21)19(9(2)20(12)17)14-10(15)5-4-6-11(14)16/h3-6,8-9,18H,1,7H2,2H3.